The van der Waals surface area contributed by atoms with Crippen LogP contribution in [0.5, 0.6) is 0 Å². The molecule has 0 bridgehead atoms. The first-order chi connectivity index (χ1) is 12.3. The fourth-order valence-corrected chi connectivity index (χ4v) is 4.58. The molecule has 1 N–H and O–H groups in total. The number of nitrogens with zero attached hydrogens (tertiary/aromatic N) is 1. The Morgan fingerprint density at radius 1 is 1.35 bits per heavy atom. The number of carbonyl (C=O) groups excluding carboxylic acids is 2. The van der Waals surface area contributed by atoms with E-state index in [0.29, 0.717) is 12.8 Å². The first-order valence-corrected chi connectivity index (χ1v) is 10.2. The summed E-state index contributed by atoms with van der Waals surface area (Å²) in [6, 6.07) is 3.30. The Morgan fingerprint density at radius 2 is 2.00 bits per heavy atom. The van der Waals surface area contributed by atoms with E-state index >= 15 is 0 Å². The fraction of sp³-hybridized carbons (Fsp3) is 0.500. The maximum atomic E-state index is 13.0. The van der Waals surface area contributed by atoms with Crippen molar-refractivity contribution in [3.63, 3.8) is 0 Å². The third-order valence-corrected chi connectivity index (χ3v) is 6.36. The van der Waals surface area contributed by atoms with Gasteiger partial charge in [-0.1, -0.05) is 0 Å². The van der Waals surface area contributed by atoms with Crippen molar-refractivity contribution in [3.8, 4) is 0 Å². The lowest BCUT2D eigenvalue weighted by Crippen LogP contribution is -2.52. The predicted molar refractivity (Wildman–Crippen MR) is 93.3 cm³/mol. The van der Waals surface area contributed by atoms with E-state index in [1.54, 1.807) is 0 Å². The third-order valence-electron chi connectivity index (χ3n) is 4.23. The van der Waals surface area contributed by atoms with Crippen LogP contribution in [-0.2, 0) is 19.6 Å². The smallest absolute Gasteiger partial charge is 0.243 e. The van der Waals surface area contributed by atoms with Crippen molar-refractivity contribution in [2.75, 3.05) is 18.8 Å². The van der Waals surface area contributed by atoms with Gasteiger partial charge in [0.25, 0.3) is 0 Å². The molecule has 144 valence electrons. The maximum absolute atomic E-state index is 13.0. The highest BCUT2D eigenvalue weighted by atomic mass is 32.2. The summed E-state index contributed by atoms with van der Waals surface area (Å²) in [4.78, 5) is 23.3. The number of amides is 1. The molecular formula is C16H20FN2O5S2-. The molecule has 1 fully saturated rings. The number of carbonyl (C=O) groups is 2. The van der Waals surface area contributed by atoms with Crippen LogP contribution in [0.4, 0.5) is 4.39 Å². The Balaban J connectivity index is 2.09. The molecule has 0 saturated carbocycles. The summed E-state index contributed by atoms with van der Waals surface area (Å²) in [7, 11) is -3.85. The van der Waals surface area contributed by atoms with Gasteiger partial charge in [-0.3, -0.25) is 4.79 Å². The number of hydrogen-bond acceptors (Lipinski definition) is 6. The molecule has 0 aliphatic carbocycles. The van der Waals surface area contributed by atoms with Gasteiger partial charge in [0, 0.05) is 13.1 Å². The molecule has 2 atom stereocenters. The average Bonchev–Trinajstić information content (AvgIpc) is 2.61. The number of hydrogen-bond donors (Lipinski definition) is 2. The molecule has 2 rings (SSSR count). The highest BCUT2D eigenvalue weighted by Crippen LogP contribution is 2.24. The van der Waals surface area contributed by atoms with E-state index in [0.717, 1.165) is 12.1 Å². The molecular weight excluding hydrogens is 383 g/mol. The van der Waals surface area contributed by atoms with Crippen molar-refractivity contribution >= 4 is 34.5 Å². The van der Waals surface area contributed by atoms with Crippen molar-refractivity contribution in [3.05, 3.63) is 30.1 Å². The summed E-state index contributed by atoms with van der Waals surface area (Å²) in [6.07, 6.45) is 1.02. The Morgan fingerprint density at radius 3 is 2.58 bits per heavy atom. The van der Waals surface area contributed by atoms with Crippen LogP contribution >= 0.6 is 12.6 Å². The zero-order valence-electron chi connectivity index (χ0n) is 13.9. The van der Waals surface area contributed by atoms with Crippen molar-refractivity contribution in [1.82, 2.24) is 9.62 Å². The predicted octanol–water partition coefficient (Wildman–Crippen LogP) is -0.219. The van der Waals surface area contributed by atoms with Crippen molar-refractivity contribution in [2.24, 2.45) is 5.92 Å². The average molecular weight is 403 g/mol. The molecule has 1 saturated heterocycles. The quantitative estimate of drug-likeness (QED) is 0.613. The van der Waals surface area contributed by atoms with Crippen LogP contribution in [0, 0.1) is 11.7 Å². The van der Waals surface area contributed by atoms with E-state index in [1.165, 1.54) is 16.4 Å². The first kappa shape index (κ1) is 20.7. The van der Waals surface area contributed by atoms with Gasteiger partial charge in [-0.05, 0) is 49.3 Å². The molecule has 0 spiro atoms. The summed E-state index contributed by atoms with van der Waals surface area (Å²) >= 11 is 3.95. The summed E-state index contributed by atoms with van der Waals surface area (Å²) in [5.41, 5.74) is 0. The number of nitrogens with one attached hydrogen (secondary N) is 1. The molecule has 1 amide bonds. The molecule has 1 heterocycles. The summed E-state index contributed by atoms with van der Waals surface area (Å²) < 4.78 is 39.5. The van der Waals surface area contributed by atoms with Gasteiger partial charge in [-0.2, -0.15) is 16.9 Å². The molecule has 1 aromatic carbocycles. The third kappa shape index (κ3) is 4.95. The minimum absolute atomic E-state index is 0.0531. The van der Waals surface area contributed by atoms with Gasteiger partial charge < -0.3 is 15.2 Å². The van der Waals surface area contributed by atoms with Crippen molar-refractivity contribution in [2.45, 2.75) is 30.2 Å². The van der Waals surface area contributed by atoms with Gasteiger partial charge >= 0.3 is 0 Å². The number of carboxylic acids is 1. The second-order valence-corrected chi connectivity index (χ2v) is 8.43. The van der Waals surface area contributed by atoms with Crippen LogP contribution in [0.15, 0.2) is 29.2 Å². The molecule has 0 unspecified atom stereocenters. The van der Waals surface area contributed by atoms with Gasteiger partial charge in [0.05, 0.1) is 22.8 Å². The normalized spacial score (nSPS) is 19.7. The molecule has 26 heavy (non-hydrogen) atoms. The molecule has 10 heteroatoms. The number of halogens is 1. The zero-order chi connectivity index (χ0) is 19.3. The number of aliphatic carboxylic acids is 1. The van der Waals surface area contributed by atoms with Gasteiger partial charge in [-0.25, -0.2) is 12.8 Å². The van der Waals surface area contributed by atoms with E-state index in [9.17, 15) is 27.5 Å². The standard InChI is InChI=1S/C16H21FN2O5S2/c17-12-3-5-13(6-4-12)26(23,24)19-8-1-2-11(10-19)15(20)18-14(7-9-25)16(21)22/h3-6,11,14,25H,1-2,7-10H2,(H,18,20)(H,21,22)/p-1/t11-,14-/m0/s1. The van der Waals surface area contributed by atoms with Crippen LogP contribution in [-0.4, -0.2) is 49.5 Å². The number of sulfonamides is 1. The Hall–Kier alpha value is -1.65. The van der Waals surface area contributed by atoms with E-state index in [1.807, 2.05) is 0 Å². The van der Waals surface area contributed by atoms with E-state index in [4.69, 9.17) is 0 Å². The van der Waals surface area contributed by atoms with Crippen LogP contribution in [0.1, 0.15) is 19.3 Å². The largest absolute Gasteiger partial charge is 0.548 e. The maximum Gasteiger partial charge on any atom is 0.243 e. The monoisotopic (exact) mass is 403 g/mol. The molecule has 1 aliphatic rings. The van der Waals surface area contributed by atoms with Gasteiger partial charge in [0.15, 0.2) is 0 Å². The number of rotatable bonds is 7. The van der Waals surface area contributed by atoms with Crippen LogP contribution in [0.2, 0.25) is 0 Å². The van der Waals surface area contributed by atoms with Crippen molar-refractivity contribution < 1.29 is 27.5 Å². The lowest BCUT2D eigenvalue weighted by Gasteiger charge is -2.32. The van der Waals surface area contributed by atoms with E-state index in [2.05, 4.69) is 17.9 Å². The number of piperidine rings is 1. The summed E-state index contributed by atoms with van der Waals surface area (Å²) in [6.45, 7) is 0.177. The van der Waals surface area contributed by atoms with Gasteiger partial charge in [0.1, 0.15) is 5.82 Å². The highest BCUT2D eigenvalue weighted by molar-refractivity contribution is 7.89. The molecule has 0 aromatic heterocycles. The molecule has 1 aromatic rings. The van der Waals surface area contributed by atoms with Gasteiger partial charge in [-0.15, -0.1) is 0 Å². The number of benzene rings is 1. The Kier molecular flexibility index (Phi) is 7.01. The topological polar surface area (TPSA) is 107 Å². The summed E-state index contributed by atoms with van der Waals surface area (Å²) in [5.74, 6) is -2.88. The number of thiol groups is 1. The van der Waals surface area contributed by atoms with Crippen LogP contribution in [0.3, 0.4) is 0 Å². The molecule has 7 nitrogen and oxygen atoms in total. The molecule has 1 aliphatic heterocycles. The van der Waals surface area contributed by atoms with Gasteiger partial charge in [0.2, 0.25) is 15.9 Å². The Bertz CT molecular complexity index is 754. The second-order valence-electron chi connectivity index (χ2n) is 6.05. The lowest BCUT2D eigenvalue weighted by atomic mass is 9.98. The second kappa shape index (κ2) is 8.83. The van der Waals surface area contributed by atoms with Crippen LogP contribution < -0.4 is 10.4 Å². The highest BCUT2D eigenvalue weighted by Gasteiger charge is 2.34. The van der Waals surface area contributed by atoms with Crippen LogP contribution in [0.25, 0.3) is 0 Å². The minimum atomic E-state index is -3.85. The lowest BCUT2D eigenvalue weighted by molar-refractivity contribution is -0.308. The van der Waals surface area contributed by atoms with Crippen molar-refractivity contribution in [1.29, 1.82) is 0 Å². The number of carboxylic acid groups (broad SMARTS) is 1. The minimum Gasteiger partial charge on any atom is -0.548 e. The Labute approximate surface area is 157 Å². The SMILES string of the molecule is O=C(N[C@@H](CCS)C(=O)[O-])[C@H]1CCCN(S(=O)(=O)c2ccc(F)cc2)C1. The van der Waals surface area contributed by atoms with E-state index in [-0.39, 0.29) is 30.2 Å². The summed E-state index contributed by atoms with van der Waals surface area (Å²) in [5, 5.41) is 13.4. The molecule has 0 radical (unpaired) electrons. The first-order valence-electron chi connectivity index (χ1n) is 8.13. The zero-order valence-corrected chi connectivity index (χ0v) is 15.6. The fourth-order valence-electron chi connectivity index (χ4n) is 2.80. The van der Waals surface area contributed by atoms with E-state index < -0.39 is 39.7 Å².